The second kappa shape index (κ2) is 8.33. The summed E-state index contributed by atoms with van der Waals surface area (Å²) in [5.41, 5.74) is 5.36. The van der Waals surface area contributed by atoms with Crippen molar-refractivity contribution >= 4 is 12.0 Å². The van der Waals surface area contributed by atoms with Crippen molar-refractivity contribution in [2.24, 2.45) is 5.73 Å². The number of piperazine rings is 1. The van der Waals surface area contributed by atoms with E-state index in [1.807, 2.05) is 20.8 Å². The molecule has 0 aromatic rings. The molecule has 1 fully saturated rings. The predicted octanol–water partition coefficient (Wildman–Crippen LogP) is 0.393. The minimum absolute atomic E-state index is 0.0525. The molecule has 3 N–H and O–H groups in total. The summed E-state index contributed by atoms with van der Waals surface area (Å²) in [4.78, 5) is 27.3. The van der Waals surface area contributed by atoms with Gasteiger partial charge in [0.1, 0.15) is 5.60 Å². The van der Waals surface area contributed by atoms with E-state index in [1.165, 1.54) is 0 Å². The molecular weight excluding hydrogens is 284 g/mol. The van der Waals surface area contributed by atoms with Gasteiger partial charge >= 0.3 is 6.09 Å². The van der Waals surface area contributed by atoms with Gasteiger partial charge in [-0.25, -0.2) is 4.79 Å². The van der Waals surface area contributed by atoms with Crippen LogP contribution in [0, 0.1) is 0 Å². The maximum absolute atomic E-state index is 12.1. The molecule has 0 spiro atoms. The molecule has 7 nitrogen and oxygen atoms in total. The van der Waals surface area contributed by atoms with Crippen molar-refractivity contribution < 1.29 is 14.3 Å². The van der Waals surface area contributed by atoms with Crippen LogP contribution in [0.15, 0.2) is 0 Å². The lowest BCUT2D eigenvalue weighted by molar-refractivity contribution is -0.120. The highest BCUT2D eigenvalue weighted by Crippen LogP contribution is 2.15. The topological polar surface area (TPSA) is 87.9 Å². The molecular formula is C15H30N4O3. The fourth-order valence-corrected chi connectivity index (χ4v) is 2.47. The van der Waals surface area contributed by atoms with Gasteiger partial charge in [0.05, 0.1) is 0 Å². The van der Waals surface area contributed by atoms with E-state index in [0.29, 0.717) is 26.1 Å². The van der Waals surface area contributed by atoms with Crippen molar-refractivity contribution in [3.8, 4) is 0 Å². The Balaban J connectivity index is 2.46. The minimum Gasteiger partial charge on any atom is -0.444 e. The zero-order valence-electron chi connectivity index (χ0n) is 14.2. The number of nitrogens with zero attached hydrogens (tertiary/aromatic N) is 2. The van der Waals surface area contributed by atoms with Crippen LogP contribution in [0.25, 0.3) is 0 Å². The summed E-state index contributed by atoms with van der Waals surface area (Å²) in [6, 6.07) is 0.117. The summed E-state index contributed by atoms with van der Waals surface area (Å²) in [5, 5.41) is 2.62. The standard InChI is InChI=1S/C15H30N4O3/c1-15(2,3)22-14(21)19-9-8-18(12(10-16)11-19)7-5-6-13(20)17-4/h12H,5-11,16H2,1-4H3,(H,17,20). The maximum atomic E-state index is 12.1. The van der Waals surface area contributed by atoms with E-state index >= 15 is 0 Å². The molecule has 1 atom stereocenters. The van der Waals surface area contributed by atoms with E-state index < -0.39 is 5.60 Å². The Morgan fingerprint density at radius 2 is 2.00 bits per heavy atom. The van der Waals surface area contributed by atoms with Crippen LogP contribution in [0.5, 0.6) is 0 Å². The average molecular weight is 314 g/mol. The number of nitrogens with two attached hydrogens (primary N) is 1. The Bertz CT molecular complexity index is 381. The molecule has 7 heteroatoms. The third-order valence-electron chi connectivity index (χ3n) is 3.66. The summed E-state index contributed by atoms with van der Waals surface area (Å²) in [6.07, 6.45) is 1.03. The van der Waals surface area contributed by atoms with E-state index in [1.54, 1.807) is 11.9 Å². The quantitative estimate of drug-likeness (QED) is 0.766. The highest BCUT2D eigenvalue weighted by Gasteiger charge is 2.30. The number of hydrogen-bond donors (Lipinski definition) is 2. The first-order chi connectivity index (χ1) is 10.3. The van der Waals surface area contributed by atoms with Gasteiger partial charge < -0.3 is 20.7 Å². The molecule has 1 aliphatic rings. The Hall–Kier alpha value is -1.34. The minimum atomic E-state index is -0.486. The van der Waals surface area contributed by atoms with Crippen molar-refractivity contribution in [2.75, 3.05) is 39.8 Å². The number of amides is 2. The molecule has 128 valence electrons. The average Bonchev–Trinajstić information content (AvgIpc) is 2.45. The molecule has 22 heavy (non-hydrogen) atoms. The van der Waals surface area contributed by atoms with Gasteiger partial charge in [-0.3, -0.25) is 9.69 Å². The summed E-state index contributed by atoms with van der Waals surface area (Å²) < 4.78 is 5.41. The van der Waals surface area contributed by atoms with Gasteiger partial charge in [0.2, 0.25) is 5.91 Å². The van der Waals surface area contributed by atoms with Gasteiger partial charge in [0, 0.05) is 45.7 Å². The molecule has 0 bridgehead atoms. The molecule has 0 aliphatic carbocycles. The fraction of sp³-hybridized carbons (Fsp3) is 0.867. The summed E-state index contributed by atoms with van der Waals surface area (Å²) in [7, 11) is 1.64. The summed E-state index contributed by atoms with van der Waals surface area (Å²) in [5.74, 6) is 0.0525. The SMILES string of the molecule is CNC(=O)CCCN1CCN(C(=O)OC(C)(C)C)CC1CN. The van der Waals surface area contributed by atoms with Crippen LogP contribution in [0.4, 0.5) is 4.79 Å². The van der Waals surface area contributed by atoms with Gasteiger partial charge in [-0.2, -0.15) is 0 Å². The third-order valence-corrected chi connectivity index (χ3v) is 3.66. The van der Waals surface area contributed by atoms with Crippen LogP contribution < -0.4 is 11.1 Å². The predicted molar refractivity (Wildman–Crippen MR) is 85.5 cm³/mol. The van der Waals surface area contributed by atoms with Crippen molar-refractivity contribution in [3.63, 3.8) is 0 Å². The van der Waals surface area contributed by atoms with Crippen LogP contribution in [-0.4, -0.2) is 73.2 Å². The molecule has 1 unspecified atom stereocenters. The molecule has 1 saturated heterocycles. The van der Waals surface area contributed by atoms with Crippen LogP contribution in [0.3, 0.4) is 0 Å². The largest absolute Gasteiger partial charge is 0.444 e. The van der Waals surface area contributed by atoms with Crippen LogP contribution in [0.1, 0.15) is 33.6 Å². The van der Waals surface area contributed by atoms with Gasteiger partial charge in [0.25, 0.3) is 0 Å². The lowest BCUT2D eigenvalue weighted by Gasteiger charge is -2.41. The Kier molecular flexibility index (Phi) is 7.09. The van der Waals surface area contributed by atoms with Crippen molar-refractivity contribution in [2.45, 2.75) is 45.3 Å². The first kappa shape index (κ1) is 18.7. The van der Waals surface area contributed by atoms with Crippen LogP contribution >= 0.6 is 0 Å². The van der Waals surface area contributed by atoms with Crippen molar-refractivity contribution in [1.82, 2.24) is 15.1 Å². The van der Waals surface area contributed by atoms with Crippen molar-refractivity contribution in [3.05, 3.63) is 0 Å². The molecule has 1 aliphatic heterocycles. The number of ether oxygens (including phenoxy) is 1. The third kappa shape index (κ3) is 6.19. The monoisotopic (exact) mass is 314 g/mol. The first-order valence-electron chi connectivity index (χ1n) is 7.89. The van der Waals surface area contributed by atoms with Crippen LogP contribution in [-0.2, 0) is 9.53 Å². The van der Waals surface area contributed by atoms with E-state index in [0.717, 1.165) is 19.5 Å². The number of carbonyl (C=O) groups is 2. The normalized spacial score (nSPS) is 19.9. The van der Waals surface area contributed by atoms with E-state index in [2.05, 4.69) is 10.2 Å². The first-order valence-corrected chi connectivity index (χ1v) is 7.89. The molecule has 1 heterocycles. The fourth-order valence-electron chi connectivity index (χ4n) is 2.47. The second-order valence-electron chi connectivity index (χ2n) is 6.63. The van der Waals surface area contributed by atoms with Gasteiger partial charge in [0.15, 0.2) is 0 Å². The van der Waals surface area contributed by atoms with Crippen LogP contribution in [0.2, 0.25) is 0 Å². The van der Waals surface area contributed by atoms with Gasteiger partial charge in [-0.05, 0) is 33.7 Å². The zero-order valence-corrected chi connectivity index (χ0v) is 14.2. The number of hydrogen-bond acceptors (Lipinski definition) is 5. The lowest BCUT2D eigenvalue weighted by atomic mass is 10.1. The zero-order chi connectivity index (χ0) is 16.8. The van der Waals surface area contributed by atoms with E-state index in [4.69, 9.17) is 10.5 Å². The van der Waals surface area contributed by atoms with E-state index in [9.17, 15) is 9.59 Å². The van der Waals surface area contributed by atoms with Gasteiger partial charge in [-0.1, -0.05) is 0 Å². The Morgan fingerprint density at radius 3 is 2.55 bits per heavy atom. The highest BCUT2D eigenvalue weighted by atomic mass is 16.6. The highest BCUT2D eigenvalue weighted by molar-refractivity contribution is 5.75. The molecule has 1 rings (SSSR count). The molecule has 0 aromatic carbocycles. The molecule has 0 aromatic heterocycles. The summed E-state index contributed by atoms with van der Waals surface area (Å²) >= 11 is 0. The second-order valence-corrected chi connectivity index (χ2v) is 6.63. The van der Waals surface area contributed by atoms with Gasteiger partial charge in [-0.15, -0.1) is 0 Å². The number of rotatable bonds is 5. The smallest absolute Gasteiger partial charge is 0.410 e. The number of nitrogens with one attached hydrogen (secondary N) is 1. The molecule has 0 saturated carbocycles. The Labute approximate surface area is 133 Å². The van der Waals surface area contributed by atoms with E-state index in [-0.39, 0.29) is 18.0 Å². The maximum Gasteiger partial charge on any atom is 0.410 e. The molecule has 0 radical (unpaired) electrons. The van der Waals surface area contributed by atoms with Crippen molar-refractivity contribution in [1.29, 1.82) is 0 Å². The lowest BCUT2D eigenvalue weighted by Crippen LogP contribution is -2.58. The molecule has 2 amide bonds. The Morgan fingerprint density at radius 1 is 1.32 bits per heavy atom. The summed E-state index contributed by atoms with van der Waals surface area (Å²) in [6.45, 7) is 8.85. The number of carbonyl (C=O) groups excluding carboxylic acids is 2.